The summed E-state index contributed by atoms with van der Waals surface area (Å²) in [6.07, 6.45) is 3.91. The van der Waals surface area contributed by atoms with E-state index in [1.807, 2.05) is 12.1 Å². The van der Waals surface area contributed by atoms with Gasteiger partial charge in [0.15, 0.2) is 11.4 Å². The van der Waals surface area contributed by atoms with Crippen molar-refractivity contribution in [2.24, 2.45) is 22.7 Å². The van der Waals surface area contributed by atoms with Gasteiger partial charge in [0, 0.05) is 35.4 Å². The molecule has 6 nitrogen and oxygen atoms in total. The minimum Gasteiger partial charge on any atom is -0.618 e. The van der Waals surface area contributed by atoms with Crippen LogP contribution in [0.5, 0.6) is 0 Å². The summed E-state index contributed by atoms with van der Waals surface area (Å²) >= 11 is 0. The number of pyridine rings is 3. The molecular weight excluding hydrogens is 438 g/mol. The number of hydrogen-bond acceptors (Lipinski definition) is 3. The van der Waals surface area contributed by atoms with E-state index in [1.54, 1.807) is 30.3 Å². The fraction of sp³-hybridized carbons (Fsp3) is 0.483. The van der Waals surface area contributed by atoms with Crippen molar-refractivity contribution in [2.45, 2.75) is 65.2 Å². The Morgan fingerprint density at radius 3 is 1.40 bits per heavy atom. The smallest absolute Gasteiger partial charge is 0.290 e. The van der Waals surface area contributed by atoms with Crippen molar-refractivity contribution in [1.82, 2.24) is 0 Å². The Kier molecular flexibility index (Phi) is 3.95. The van der Waals surface area contributed by atoms with E-state index in [4.69, 9.17) is 0 Å². The highest BCUT2D eigenvalue weighted by Gasteiger charge is 2.58. The average molecular weight is 470 g/mol. The van der Waals surface area contributed by atoms with Gasteiger partial charge in [-0.25, -0.2) is 0 Å². The van der Waals surface area contributed by atoms with Crippen molar-refractivity contribution in [3.05, 3.63) is 80.6 Å². The second kappa shape index (κ2) is 6.54. The maximum Gasteiger partial charge on any atom is 0.290 e. The van der Waals surface area contributed by atoms with Crippen LogP contribution in [0.1, 0.15) is 74.9 Å². The molecule has 6 aliphatic rings. The molecule has 3 aromatic heterocycles. The first-order valence-electron chi connectivity index (χ1n) is 12.8. The second-order valence-corrected chi connectivity index (χ2v) is 12.5. The molecule has 0 aromatic carbocycles. The van der Waals surface area contributed by atoms with Gasteiger partial charge in [0.2, 0.25) is 0 Å². The van der Waals surface area contributed by atoms with E-state index in [1.165, 1.54) is 0 Å². The van der Waals surface area contributed by atoms with Crippen LogP contribution in [-0.4, -0.2) is 0 Å². The Bertz CT molecular complexity index is 1320. The molecule has 6 aliphatic carbocycles. The molecule has 0 spiro atoms. The third-order valence-corrected chi connectivity index (χ3v) is 10.4. The minimum atomic E-state index is 0.110. The van der Waals surface area contributed by atoms with Crippen molar-refractivity contribution >= 4 is 0 Å². The van der Waals surface area contributed by atoms with Crippen LogP contribution in [0.4, 0.5) is 0 Å². The molecule has 0 unspecified atom stereocenters. The largest absolute Gasteiger partial charge is 0.618 e. The molecule has 0 saturated heterocycles. The van der Waals surface area contributed by atoms with Gasteiger partial charge < -0.3 is 15.6 Å². The van der Waals surface area contributed by atoms with Crippen LogP contribution in [-0.2, 0) is 12.8 Å². The molecule has 0 aliphatic heterocycles. The van der Waals surface area contributed by atoms with Crippen LogP contribution in [0.2, 0.25) is 0 Å². The Morgan fingerprint density at radius 1 is 0.600 bits per heavy atom. The summed E-state index contributed by atoms with van der Waals surface area (Å²) in [5, 5.41) is 40.9. The van der Waals surface area contributed by atoms with E-state index < -0.39 is 0 Å². The van der Waals surface area contributed by atoms with Gasteiger partial charge in [0.1, 0.15) is 0 Å². The molecule has 0 amide bonds. The summed E-state index contributed by atoms with van der Waals surface area (Å²) < 4.78 is 2.74. The Balaban J connectivity index is 1.35. The highest BCUT2D eigenvalue weighted by atomic mass is 16.5. The lowest BCUT2D eigenvalue weighted by Crippen LogP contribution is -2.55. The topological polar surface area (TPSA) is 80.8 Å². The summed E-state index contributed by atoms with van der Waals surface area (Å²) in [5.41, 5.74) is 5.31. The molecule has 6 heteroatoms. The zero-order valence-electron chi connectivity index (χ0n) is 20.7. The van der Waals surface area contributed by atoms with Crippen LogP contribution in [0.15, 0.2) is 42.5 Å². The summed E-state index contributed by atoms with van der Waals surface area (Å²) in [4.78, 5) is 0. The van der Waals surface area contributed by atoms with Crippen molar-refractivity contribution in [1.29, 1.82) is 0 Å². The van der Waals surface area contributed by atoms with E-state index in [-0.39, 0.29) is 34.1 Å². The van der Waals surface area contributed by atoms with Crippen molar-refractivity contribution in [2.75, 3.05) is 0 Å². The first kappa shape index (κ1) is 21.2. The molecule has 3 aromatic rings. The Hall–Kier alpha value is -3.15. The summed E-state index contributed by atoms with van der Waals surface area (Å²) in [6, 6.07) is 12.7. The third-order valence-electron chi connectivity index (χ3n) is 10.4. The lowest BCUT2D eigenvalue weighted by molar-refractivity contribution is -0.641. The van der Waals surface area contributed by atoms with E-state index in [0.717, 1.165) is 62.4 Å². The highest BCUT2D eigenvalue weighted by Crippen LogP contribution is 2.62. The van der Waals surface area contributed by atoms with Crippen LogP contribution < -0.4 is 14.2 Å². The predicted octanol–water partition coefficient (Wildman–Crippen LogP) is 4.29. The third kappa shape index (κ3) is 2.52. The van der Waals surface area contributed by atoms with Gasteiger partial charge in [-0.2, -0.15) is 14.2 Å². The normalized spacial score (nSPS) is 28.3. The van der Waals surface area contributed by atoms with E-state index in [9.17, 15) is 15.6 Å². The van der Waals surface area contributed by atoms with E-state index in [0.29, 0.717) is 23.2 Å². The van der Waals surface area contributed by atoms with Gasteiger partial charge in [-0.1, -0.05) is 27.7 Å². The average Bonchev–Trinajstić information content (AvgIpc) is 2.84. The predicted molar refractivity (Wildman–Crippen MR) is 131 cm³/mol. The maximum atomic E-state index is 13.7. The molecule has 180 valence electrons. The first-order valence-corrected chi connectivity index (χ1v) is 12.8. The molecule has 2 saturated carbocycles. The van der Waals surface area contributed by atoms with Gasteiger partial charge in [-0.05, 0) is 66.5 Å². The quantitative estimate of drug-likeness (QED) is 0.415. The molecule has 3 heterocycles. The zero-order valence-corrected chi connectivity index (χ0v) is 20.7. The second-order valence-electron chi connectivity index (χ2n) is 12.5. The lowest BCUT2D eigenvalue weighted by atomic mass is 9.48. The molecule has 4 bridgehead atoms. The Morgan fingerprint density at radius 2 is 1.00 bits per heavy atom. The standard InChI is InChI=1S/C29H31N3O3/c1-28(2)18-12-16-8-10-24(31(34)26(16)20(28)14-18)22-6-5-7-23(30(22)33)25-11-9-17-13-19-15-21(29(19,3)4)27(17)32(25)35/h5-11,18-21H,12-15H2,1-4H3/t18-,19-,20-,21-/m0/s1. The zero-order chi connectivity index (χ0) is 24.4. The molecule has 35 heavy (non-hydrogen) atoms. The number of nitrogens with zero attached hydrogens (tertiary/aromatic N) is 3. The van der Waals surface area contributed by atoms with Gasteiger partial charge in [0.05, 0.1) is 11.8 Å². The van der Waals surface area contributed by atoms with Gasteiger partial charge in [-0.3, -0.25) is 0 Å². The molecule has 0 radical (unpaired) electrons. The van der Waals surface area contributed by atoms with Crippen molar-refractivity contribution < 1.29 is 14.2 Å². The van der Waals surface area contributed by atoms with Gasteiger partial charge >= 0.3 is 0 Å². The van der Waals surface area contributed by atoms with Crippen LogP contribution in [0.3, 0.4) is 0 Å². The van der Waals surface area contributed by atoms with Crippen molar-refractivity contribution in [3.8, 4) is 22.8 Å². The van der Waals surface area contributed by atoms with Gasteiger partial charge in [0.25, 0.3) is 22.8 Å². The van der Waals surface area contributed by atoms with E-state index in [2.05, 4.69) is 27.7 Å². The molecule has 2 fully saturated rings. The first-order chi connectivity index (χ1) is 16.6. The monoisotopic (exact) mass is 469 g/mol. The summed E-state index contributed by atoms with van der Waals surface area (Å²) in [5.74, 6) is 1.67. The SMILES string of the molecule is CC1(C)[C@H]2Cc3ccc(-c4cccc(-c5ccc6c([n+]5[O-])[C@@H]5C[C@H](C6)C5(C)C)[n+]4[O-])[n+]([O-])c3[C@@H]1C2. The fourth-order valence-electron chi connectivity index (χ4n) is 7.70. The minimum absolute atomic E-state index is 0.110. The summed E-state index contributed by atoms with van der Waals surface area (Å²) in [7, 11) is 0. The summed E-state index contributed by atoms with van der Waals surface area (Å²) in [6.45, 7) is 8.96. The molecular formula is C29H31N3O3. The van der Waals surface area contributed by atoms with Crippen LogP contribution in [0, 0.1) is 38.3 Å². The van der Waals surface area contributed by atoms with Crippen molar-refractivity contribution in [3.63, 3.8) is 0 Å². The van der Waals surface area contributed by atoms with Crippen LogP contribution >= 0.6 is 0 Å². The Labute approximate surface area is 205 Å². The number of aromatic nitrogens is 3. The maximum absolute atomic E-state index is 13.7. The number of rotatable bonds is 2. The fourth-order valence-corrected chi connectivity index (χ4v) is 7.70. The molecule has 4 atom stereocenters. The lowest BCUT2D eigenvalue weighted by Gasteiger charge is -2.54. The molecule has 0 N–H and O–H groups in total. The van der Waals surface area contributed by atoms with Gasteiger partial charge in [-0.15, -0.1) is 0 Å². The highest BCUT2D eigenvalue weighted by molar-refractivity contribution is 5.55. The molecule has 9 rings (SSSR count). The van der Waals surface area contributed by atoms with E-state index >= 15 is 0 Å². The number of hydrogen-bond donors (Lipinski definition) is 0. The van der Waals surface area contributed by atoms with Crippen LogP contribution in [0.25, 0.3) is 22.8 Å².